The third kappa shape index (κ3) is 3.46. The highest BCUT2D eigenvalue weighted by molar-refractivity contribution is 9.10. The average molecular weight is 363 g/mol. The molecule has 0 unspecified atom stereocenters. The molecule has 0 saturated carbocycles. The van der Waals surface area contributed by atoms with E-state index < -0.39 is 0 Å². The molecule has 0 fully saturated rings. The normalized spacial score (nSPS) is 10.7. The van der Waals surface area contributed by atoms with E-state index >= 15 is 0 Å². The number of hydrogen-bond acceptors (Lipinski definition) is 5. The number of nitrogens with zero attached hydrogens (tertiary/aromatic N) is 2. The third-order valence-corrected chi connectivity index (χ3v) is 4.27. The summed E-state index contributed by atoms with van der Waals surface area (Å²) >= 11 is 4.99. The Morgan fingerprint density at radius 2 is 1.95 bits per heavy atom. The second kappa shape index (κ2) is 6.32. The molecular weight excluding hydrogens is 352 g/mol. The molecule has 0 aliphatic rings. The zero-order valence-corrected chi connectivity index (χ0v) is 13.3. The Morgan fingerprint density at radius 3 is 2.76 bits per heavy atom. The topological polar surface area (TPSA) is 59.2 Å². The lowest BCUT2D eigenvalue weighted by Gasteiger charge is -1.99. The number of thioether (sulfide) groups is 1. The van der Waals surface area contributed by atoms with Crippen LogP contribution in [0.15, 0.2) is 62.4 Å². The molecule has 0 aliphatic carbocycles. The molecule has 1 N–H and O–H groups in total. The van der Waals surface area contributed by atoms with Gasteiger partial charge >= 0.3 is 0 Å². The van der Waals surface area contributed by atoms with Crippen LogP contribution in [0.3, 0.4) is 0 Å². The predicted octanol–water partition coefficient (Wildman–Crippen LogP) is 4.50. The summed E-state index contributed by atoms with van der Waals surface area (Å²) in [7, 11) is 0. The Hall–Kier alpha value is -1.79. The van der Waals surface area contributed by atoms with Crippen molar-refractivity contribution in [3.63, 3.8) is 0 Å². The Kier molecular flexibility index (Phi) is 4.26. The van der Waals surface area contributed by atoms with Crippen molar-refractivity contribution in [2.75, 3.05) is 0 Å². The van der Waals surface area contributed by atoms with Crippen LogP contribution in [0.4, 0.5) is 0 Å². The fourth-order valence-corrected chi connectivity index (χ4v) is 2.89. The van der Waals surface area contributed by atoms with Crippen molar-refractivity contribution in [1.29, 1.82) is 0 Å². The maximum Gasteiger partial charge on any atom is 0.261 e. The average Bonchev–Trinajstić information content (AvgIpc) is 2.97. The van der Waals surface area contributed by atoms with E-state index in [1.54, 1.807) is 30.0 Å². The highest BCUT2D eigenvalue weighted by Gasteiger charge is 2.13. The fraction of sp³-hybridized carbons (Fsp3) is 0.0667. The monoisotopic (exact) mass is 362 g/mol. The lowest BCUT2D eigenvalue weighted by molar-refractivity contribution is 0.419. The Balaban J connectivity index is 1.76. The zero-order chi connectivity index (χ0) is 14.7. The minimum absolute atomic E-state index is 0.115. The summed E-state index contributed by atoms with van der Waals surface area (Å²) in [4.78, 5) is 5.47. The minimum atomic E-state index is 0.115. The van der Waals surface area contributed by atoms with Crippen LogP contribution in [-0.2, 0) is 5.75 Å². The summed E-state index contributed by atoms with van der Waals surface area (Å²) in [6.07, 6.45) is 0. The molecule has 4 nitrogen and oxygen atoms in total. The van der Waals surface area contributed by atoms with E-state index in [-0.39, 0.29) is 5.75 Å². The summed E-state index contributed by atoms with van der Waals surface area (Å²) in [6.45, 7) is 0. The van der Waals surface area contributed by atoms with Crippen molar-refractivity contribution in [2.45, 2.75) is 10.6 Å². The SMILES string of the molecule is Oc1ccc(Br)cc1-c1nc(CSc2ccccc2)no1. The largest absolute Gasteiger partial charge is 0.507 e. The quantitative estimate of drug-likeness (QED) is 0.692. The van der Waals surface area contributed by atoms with Gasteiger partial charge < -0.3 is 9.63 Å². The van der Waals surface area contributed by atoms with E-state index in [4.69, 9.17) is 4.52 Å². The summed E-state index contributed by atoms with van der Waals surface area (Å²) in [5.74, 6) is 1.64. The van der Waals surface area contributed by atoms with Gasteiger partial charge in [-0.15, -0.1) is 11.8 Å². The molecule has 6 heteroatoms. The first-order chi connectivity index (χ1) is 10.2. The van der Waals surface area contributed by atoms with Crippen molar-refractivity contribution in [3.05, 3.63) is 58.8 Å². The zero-order valence-electron chi connectivity index (χ0n) is 10.9. The highest BCUT2D eigenvalue weighted by atomic mass is 79.9. The number of hydrogen-bond donors (Lipinski definition) is 1. The molecule has 106 valence electrons. The van der Waals surface area contributed by atoms with Gasteiger partial charge in [0, 0.05) is 9.37 Å². The van der Waals surface area contributed by atoms with Crippen molar-refractivity contribution >= 4 is 27.7 Å². The van der Waals surface area contributed by atoms with Gasteiger partial charge in [-0.2, -0.15) is 4.98 Å². The van der Waals surface area contributed by atoms with Crippen LogP contribution in [0.25, 0.3) is 11.5 Å². The number of aromatic hydroxyl groups is 1. The summed E-state index contributed by atoms with van der Waals surface area (Å²) < 4.78 is 6.06. The van der Waals surface area contributed by atoms with Gasteiger partial charge in [-0.3, -0.25) is 0 Å². The Bertz CT molecular complexity index is 746. The highest BCUT2D eigenvalue weighted by Crippen LogP contribution is 2.31. The standard InChI is InChI=1S/C15H11BrN2O2S/c16-10-6-7-13(19)12(8-10)15-17-14(18-20-15)9-21-11-4-2-1-3-5-11/h1-8,19H,9H2. The van der Waals surface area contributed by atoms with Gasteiger partial charge in [-0.05, 0) is 30.3 Å². The molecule has 1 heterocycles. The maximum atomic E-state index is 9.85. The molecule has 3 rings (SSSR count). The Labute approximate surface area is 134 Å². The molecule has 3 aromatic rings. The molecule has 0 amide bonds. The number of aromatic nitrogens is 2. The number of phenolic OH excluding ortho intramolecular Hbond substituents is 1. The lowest BCUT2D eigenvalue weighted by atomic mass is 10.2. The van der Waals surface area contributed by atoms with E-state index in [0.29, 0.717) is 23.0 Å². The molecule has 0 spiro atoms. The van der Waals surface area contributed by atoms with Gasteiger partial charge in [0.05, 0.1) is 11.3 Å². The number of halogens is 1. The first-order valence-corrected chi connectivity index (χ1v) is 7.99. The number of rotatable bonds is 4. The van der Waals surface area contributed by atoms with Crippen LogP contribution >= 0.6 is 27.7 Å². The first kappa shape index (κ1) is 14.2. The molecule has 2 aromatic carbocycles. The van der Waals surface area contributed by atoms with Crippen molar-refractivity contribution < 1.29 is 9.63 Å². The van der Waals surface area contributed by atoms with Crippen molar-refractivity contribution in [2.24, 2.45) is 0 Å². The lowest BCUT2D eigenvalue weighted by Crippen LogP contribution is -1.84. The van der Waals surface area contributed by atoms with Crippen LogP contribution in [0.1, 0.15) is 5.82 Å². The van der Waals surface area contributed by atoms with Gasteiger partial charge in [0.15, 0.2) is 5.82 Å². The van der Waals surface area contributed by atoms with E-state index in [1.165, 1.54) is 0 Å². The van der Waals surface area contributed by atoms with Gasteiger partial charge in [-0.25, -0.2) is 0 Å². The van der Waals surface area contributed by atoms with Gasteiger partial charge in [0.25, 0.3) is 5.89 Å². The van der Waals surface area contributed by atoms with Crippen LogP contribution in [0.2, 0.25) is 0 Å². The predicted molar refractivity (Wildman–Crippen MR) is 85.1 cm³/mol. The van der Waals surface area contributed by atoms with E-state index in [0.717, 1.165) is 9.37 Å². The fourth-order valence-electron chi connectivity index (χ4n) is 1.77. The Morgan fingerprint density at radius 1 is 1.14 bits per heavy atom. The van der Waals surface area contributed by atoms with Gasteiger partial charge in [0.2, 0.25) is 0 Å². The summed E-state index contributed by atoms with van der Waals surface area (Å²) in [6, 6.07) is 15.1. The number of benzene rings is 2. The summed E-state index contributed by atoms with van der Waals surface area (Å²) in [5.41, 5.74) is 0.521. The first-order valence-electron chi connectivity index (χ1n) is 6.22. The second-order valence-corrected chi connectivity index (χ2v) is 6.24. The van der Waals surface area contributed by atoms with Crippen LogP contribution in [-0.4, -0.2) is 15.2 Å². The molecule has 0 radical (unpaired) electrons. The van der Waals surface area contributed by atoms with E-state index in [9.17, 15) is 5.11 Å². The smallest absolute Gasteiger partial charge is 0.261 e. The van der Waals surface area contributed by atoms with Crippen LogP contribution in [0, 0.1) is 0 Å². The minimum Gasteiger partial charge on any atom is -0.507 e. The molecule has 0 saturated heterocycles. The molecule has 0 atom stereocenters. The van der Waals surface area contributed by atoms with Crippen molar-refractivity contribution in [3.8, 4) is 17.2 Å². The second-order valence-electron chi connectivity index (χ2n) is 4.28. The van der Waals surface area contributed by atoms with Crippen LogP contribution in [0.5, 0.6) is 5.75 Å². The van der Waals surface area contributed by atoms with E-state index in [1.807, 2.05) is 30.3 Å². The van der Waals surface area contributed by atoms with Gasteiger partial charge in [-0.1, -0.05) is 39.3 Å². The maximum absolute atomic E-state index is 9.85. The molecule has 0 bridgehead atoms. The van der Waals surface area contributed by atoms with Crippen molar-refractivity contribution in [1.82, 2.24) is 10.1 Å². The summed E-state index contributed by atoms with van der Waals surface area (Å²) in [5, 5.41) is 13.8. The van der Waals surface area contributed by atoms with E-state index in [2.05, 4.69) is 26.1 Å². The van der Waals surface area contributed by atoms with Crippen LogP contribution < -0.4 is 0 Å². The molecule has 0 aliphatic heterocycles. The molecular formula is C15H11BrN2O2S. The van der Waals surface area contributed by atoms with Gasteiger partial charge in [0.1, 0.15) is 5.75 Å². The molecule has 1 aromatic heterocycles. The number of phenols is 1. The third-order valence-electron chi connectivity index (χ3n) is 2.77. The molecule has 21 heavy (non-hydrogen) atoms.